The van der Waals surface area contributed by atoms with Crippen LogP contribution in [-0.2, 0) is 15.8 Å². The molecule has 1 atom stereocenters. The molecule has 1 aromatic rings. The maximum atomic E-state index is 11.8. The van der Waals surface area contributed by atoms with E-state index in [1.54, 1.807) is 0 Å². The molecule has 3 N–H and O–H groups in total. The van der Waals surface area contributed by atoms with Gasteiger partial charge < -0.3 is 15.1 Å². The van der Waals surface area contributed by atoms with Crippen LogP contribution in [0.5, 0.6) is 0 Å². The summed E-state index contributed by atoms with van der Waals surface area (Å²) in [5.41, 5.74) is 0.874. The van der Waals surface area contributed by atoms with Crippen LogP contribution in [0.25, 0.3) is 0 Å². The fourth-order valence-electron chi connectivity index (χ4n) is 1.72. The van der Waals surface area contributed by atoms with Gasteiger partial charge in [-0.2, -0.15) is 0 Å². The molecule has 0 spiro atoms. The van der Waals surface area contributed by atoms with E-state index in [-0.39, 0.29) is 24.4 Å². The lowest BCUT2D eigenvalue weighted by atomic mass is 10.1. The summed E-state index contributed by atoms with van der Waals surface area (Å²) >= 11 is 0. The smallest absolute Gasteiger partial charge is 0.327 e. The van der Waals surface area contributed by atoms with Crippen molar-refractivity contribution in [3.8, 4) is 0 Å². The normalized spacial score (nSPS) is 13.3. The highest BCUT2D eigenvalue weighted by Crippen LogP contribution is 2.36. The van der Waals surface area contributed by atoms with Gasteiger partial charge in [-0.05, 0) is 11.5 Å². The highest BCUT2D eigenvalue weighted by Gasteiger charge is 2.25. The van der Waals surface area contributed by atoms with Crippen molar-refractivity contribution in [2.75, 3.05) is 6.16 Å². The summed E-state index contributed by atoms with van der Waals surface area (Å²) in [5, 5.41) is 2.69. The minimum absolute atomic E-state index is 0.0349. The molecule has 19 heavy (non-hydrogen) atoms. The molecule has 1 rings (SSSR count). The molecule has 0 aliphatic rings. The van der Waals surface area contributed by atoms with Gasteiger partial charge in [-0.3, -0.25) is 9.36 Å². The van der Waals surface area contributed by atoms with Crippen LogP contribution in [0, 0.1) is 5.92 Å². The minimum atomic E-state index is -4.13. The molecule has 1 amide bonds. The number of carbonyl (C=O) groups is 1. The van der Waals surface area contributed by atoms with Crippen LogP contribution in [0.15, 0.2) is 30.3 Å². The van der Waals surface area contributed by atoms with Crippen LogP contribution in [0.3, 0.4) is 0 Å². The van der Waals surface area contributed by atoms with Gasteiger partial charge in [0.25, 0.3) is 0 Å². The van der Waals surface area contributed by atoms with Crippen molar-refractivity contribution >= 4 is 13.5 Å². The molecule has 0 saturated carbocycles. The second kappa shape index (κ2) is 6.85. The number of rotatable bonds is 6. The van der Waals surface area contributed by atoms with Crippen LogP contribution in [-0.4, -0.2) is 27.9 Å². The molecular formula is C13H20NO4P. The van der Waals surface area contributed by atoms with E-state index in [4.69, 9.17) is 9.79 Å². The number of amides is 1. The standard InChI is InChI=1S/C13H20NO4P/c1-10(2)12(9-19(16,17)18)14-13(15)8-11-6-4-3-5-7-11/h3-7,10,12H,8-9H2,1-2H3,(H,14,15)(H2,16,17,18)/t12-/m1/s1. The first-order valence-electron chi connectivity index (χ1n) is 6.16. The van der Waals surface area contributed by atoms with E-state index < -0.39 is 13.6 Å². The molecule has 106 valence electrons. The fraction of sp³-hybridized carbons (Fsp3) is 0.462. The topological polar surface area (TPSA) is 86.6 Å². The van der Waals surface area contributed by atoms with Gasteiger partial charge in [-0.15, -0.1) is 0 Å². The molecule has 0 aliphatic carbocycles. The summed E-state index contributed by atoms with van der Waals surface area (Å²) in [5.74, 6) is -0.259. The molecule has 1 aromatic carbocycles. The average Bonchev–Trinajstić information content (AvgIpc) is 2.27. The SMILES string of the molecule is CC(C)[C@@H](CP(=O)(O)O)NC(=O)Cc1ccccc1. The maximum Gasteiger partial charge on any atom is 0.327 e. The highest BCUT2D eigenvalue weighted by atomic mass is 31.2. The van der Waals surface area contributed by atoms with Gasteiger partial charge in [-0.1, -0.05) is 44.2 Å². The van der Waals surface area contributed by atoms with E-state index in [1.807, 2.05) is 44.2 Å². The zero-order valence-corrected chi connectivity index (χ0v) is 12.0. The second-order valence-corrected chi connectivity index (χ2v) is 6.62. The molecule has 0 heterocycles. The van der Waals surface area contributed by atoms with E-state index >= 15 is 0 Å². The first kappa shape index (κ1) is 15.9. The molecule has 0 bridgehead atoms. The van der Waals surface area contributed by atoms with Gasteiger partial charge in [0.1, 0.15) is 0 Å². The Morgan fingerprint density at radius 1 is 1.26 bits per heavy atom. The lowest BCUT2D eigenvalue weighted by Gasteiger charge is -2.22. The summed E-state index contributed by atoms with van der Waals surface area (Å²) < 4.78 is 11.0. The Labute approximate surface area is 113 Å². The van der Waals surface area contributed by atoms with E-state index in [9.17, 15) is 9.36 Å². The van der Waals surface area contributed by atoms with Gasteiger partial charge >= 0.3 is 7.60 Å². The summed E-state index contributed by atoms with van der Waals surface area (Å²) in [6.45, 7) is 3.65. The quantitative estimate of drug-likeness (QED) is 0.692. The van der Waals surface area contributed by atoms with Crippen molar-refractivity contribution in [1.82, 2.24) is 5.32 Å². The zero-order valence-electron chi connectivity index (χ0n) is 11.1. The predicted octanol–water partition coefficient (Wildman–Crippen LogP) is 1.55. The molecule has 0 radical (unpaired) electrons. The lowest BCUT2D eigenvalue weighted by molar-refractivity contribution is -0.121. The Morgan fingerprint density at radius 3 is 2.32 bits per heavy atom. The van der Waals surface area contributed by atoms with Gasteiger partial charge in [0.2, 0.25) is 5.91 Å². The Morgan fingerprint density at radius 2 is 1.84 bits per heavy atom. The van der Waals surface area contributed by atoms with E-state index in [1.165, 1.54) is 0 Å². The number of nitrogens with one attached hydrogen (secondary N) is 1. The van der Waals surface area contributed by atoms with E-state index in [0.717, 1.165) is 5.56 Å². The first-order chi connectivity index (χ1) is 8.78. The third-order valence-corrected chi connectivity index (χ3v) is 3.66. The van der Waals surface area contributed by atoms with Crippen molar-refractivity contribution in [3.63, 3.8) is 0 Å². The number of hydrogen-bond donors (Lipinski definition) is 3. The summed E-state index contributed by atoms with van der Waals surface area (Å²) in [7, 11) is -4.13. The van der Waals surface area contributed by atoms with Crippen LogP contribution in [0.2, 0.25) is 0 Å². The molecule has 0 aromatic heterocycles. The fourth-order valence-corrected chi connectivity index (χ4v) is 2.74. The largest absolute Gasteiger partial charge is 0.352 e. The van der Waals surface area contributed by atoms with Crippen LogP contribution in [0.1, 0.15) is 19.4 Å². The van der Waals surface area contributed by atoms with Crippen molar-refractivity contribution < 1.29 is 19.1 Å². The summed E-state index contributed by atoms with van der Waals surface area (Å²) in [4.78, 5) is 29.8. The molecule has 6 heteroatoms. The van der Waals surface area contributed by atoms with E-state index in [0.29, 0.717) is 0 Å². The third-order valence-electron chi connectivity index (χ3n) is 2.79. The van der Waals surface area contributed by atoms with Gasteiger partial charge in [0.15, 0.2) is 0 Å². The van der Waals surface area contributed by atoms with Crippen LogP contribution < -0.4 is 5.32 Å². The number of hydrogen-bond acceptors (Lipinski definition) is 2. The van der Waals surface area contributed by atoms with Crippen molar-refractivity contribution in [2.24, 2.45) is 5.92 Å². The average molecular weight is 285 g/mol. The van der Waals surface area contributed by atoms with Gasteiger partial charge in [-0.25, -0.2) is 0 Å². The molecule has 5 nitrogen and oxygen atoms in total. The Kier molecular flexibility index (Phi) is 5.73. The van der Waals surface area contributed by atoms with Crippen molar-refractivity contribution in [3.05, 3.63) is 35.9 Å². The zero-order chi connectivity index (χ0) is 14.5. The summed E-state index contributed by atoms with van der Waals surface area (Å²) in [6, 6.07) is 8.72. The molecule has 0 aliphatic heterocycles. The molecular weight excluding hydrogens is 265 g/mol. The highest BCUT2D eigenvalue weighted by molar-refractivity contribution is 7.51. The van der Waals surface area contributed by atoms with Crippen LogP contribution >= 0.6 is 7.60 Å². The van der Waals surface area contributed by atoms with Crippen LogP contribution in [0.4, 0.5) is 0 Å². The Hall–Kier alpha value is -1.16. The predicted molar refractivity (Wildman–Crippen MR) is 73.8 cm³/mol. The molecule has 0 fully saturated rings. The van der Waals surface area contributed by atoms with Gasteiger partial charge in [0.05, 0.1) is 12.6 Å². The minimum Gasteiger partial charge on any atom is -0.352 e. The van der Waals surface area contributed by atoms with Crippen molar-refractivity contribution in [1.29, 1.82) is 0 Å². The Bertz CT molecular complexity index is 455. The Balaban J connectivity index is 2.60. The first-order valence-corrected chi connectivity index (χ1v) is 7.95. The molecule has 0 saturated heterocycles. The molecule has 0 unspecified atom stereocenters. The maximum absolute atomic E-state index is 11.8. The van der Waals surface area contributed by atoms with Crippen molar-refractivity contribution in [2.45, 2.75) is 26.3 Å². The number of benzene rings is 1. The second-order valence-electron chi connectivity index (χ2n) is 4.93. The monoisotopic (exact) mass is 285 g/mol. The number of carbonyl (C=O) groups excluding carboxylic acids is 1. The third kappa shape index (κ3) is 6.53. The summed E-state index contributed by atoms with van der Waals surface area (Å²) in [6.07, 6.45) is -0.115. The van der Waals surface area contributed by atoms with Gasteiger partial charge in [0, 0.05) is 6.04 Å². The van der Waals surface area contributed by atoms with E-state index in [2.05, 4.69) is 5.32 Å². The lowest BCUT2D eigenvalue weighted by Crippen LogP contribution is -2.41.